The summed E-state index contributed by atoms with van der Waals surface area (Å²) in [5.41, 5.74) is 0.287. The average molecular weight is 447 g/mol. The largest absolute Gasteiger partial charge is 0.326 e. The van der Waals surface area contributed by atoms with Gasteiger partial charge in [-0.2, -0.15) is 0 Å². The van der Waals surface area contributed by atoms with Gasteiger partial charge in [0, 0.05) is 12.1 Å². The maximum absolute atomic E-state index is 12.4. The second-order valence-electron chi connectivity index (χ2n) is 8.48. The second-order valence-corrected chi connectivity index (χ2v) is 12.3. The van der Waals surface area contributed by atoms with Crippen LogP contribution in [0.3, 0.4) is 0 Å². The molecule has 0 aliphatic rings. The van der Waals surface area contributed by atoms with Gasteiger partial charge in [0.05, 0.1) is 10.6 Å². The molecule has 0 aromatic heterocycles. The second kappa shape index (κ2) is 11.1. The number of hydrogen-bond acceptors (Lipinski definition) is 5. The van der Waals surface area contributed by atoms with E-state index in [1.807, 2.05) is 20.8 Å². The Morgan fingerprint density at radius 3 is 2.00 bits per heavy atom. The first-order valence-electron chi connectivity index (χ1n) is 10.0. The number of benzene rings is 1. The molecule has 9 heteroatoms. The van der Waals surface area contributed by atoms with Crippen LogP contribution >= 0.6 is 0 Å². The summed E-state index contributed by atoms with van der Waals surface area (Å²) < 4.78 is 50.7. The maximum Gasteiger partial charge on any atom is 0.253 e. The van der Waals surface area contributed by atoms with Gasteiger partial charge in [-0.25, -0.2) is 16.8 Å². The number of nitrogens with one attached hydrogen (secondary N) is 2. The molecule has 166 valence electrons. The van der Waals surface area contributed by atoms with Gasteiger partial charge in [0.15, 0.2) is 0 Å². The van der Waals surface area contributed by atoms with Gasteiger partial charge in [-0.1, -0.05) is 59.8 Å². The molecular formula is C20H34N2O5S2. The Morgan fingerprint density at radius 2 is 1.45 bits per heavy atom. The van der Waals surface area contributed by atoms with Crippen molar-refractivity contribution in [1.82, 2.24) is 4.13 Å². The molecule has 0 heterocycles. The van der Waals surface area contributed by atoms with Crippen molar-refractivity contribution < 1.29 is 21.6 Å². The summed E-state index contributed by atoms with van der Waals surface area (Å²) in [6, 6.07) is 5.43. The Morgan fingerprint density at radius 1 is 0.897 bits per heavy atom. The molecule has 0 radical (unpaired) electrons. The standard InChI is InChI=1S/C20H34N2O5S2/c1-5-6-7-8-9-10-15-28(24,25)22-29(26,27)18-13-11-17(12-14-18)21-19(23)16-20(2,3)4/h11-14,22H,5-10,15-16H2,1-4H3,(H,21,23). The molecule has 1 rings (SSSR count). The minimum Gasteiger partial charge on any atom is -0.326 e. The third kappa shape index (κ3) is 10.8. The van der Waals surface area contributed by atoms with Crippen molar-refractivity contribution in [3.8, 4) is 0 Å². The lowest BCUT2D eigenvalue weighted by Crippen LogP contribution is -2.32. The first-order valence-corrected chi connectivity index (χ1v) is 13.1. The Balaban J connectivity index is 2.64. The van der Waals surface area contributed by atoms with Crippen LogP contribution in [0.2, 0.25) is 0 Å². The molecule has 0 atom stereocenters. The molecule has 7 nitrogen and oxygen atoms in total. The normalized spacial score (nSPS) is 12.7. The van der Waals surface area contributed by atoms with Crippen molar-refractivity contribution >= 4 is 31.6 Å². The Labute approximate surface area is 175 Å². The molecule has 0 aliphatic carbocycles. The van der Waals surface area contributed by atoms with E-state index in [9.17, 15) is 21.6 Å². The zero-order valence-electron chi connectivity index (χ0n) is 17.8. The summed E-state index contributed by atoms with van der Waals surface area (Å²) in [6.45, 7) is 7.93. The molecule has 1 aromatic rings. The summed E-state index contributed by atoms with van der Waals surface area (Å²) in [6.07, 6.45) is 5.73. The molecule has 0 saturated heterocycles. The monoisotopic (exact) mass is 446 g/mol. The summed E-state index contributed by atoms with van der Waals surface area (Å²) >= 11 is 0. The van der Waals surface area contributed by atoms with E-state index in [2.05, 4.69) is 12.2 Å². The number of carbonyl (C=O) groups excluding carboxylic acids is 1. The van der Waals surface area contributed by atoms with E-state index < -0.39 is 20.0 Å². The van der Waals surface area contributed by atoms with Gasteiger partial charge < -0.3 is 5.32 Å². The van der Waals surface area contributed by atoms with Gasteiger partial charge in [0.25, 0.3) is 10.0 Å². The van der Waals surface area contributed by atoms with Gasteiger partial charge in [-0.15, -0.1) is 4.13 Å². The molecule has 0 bridgehead atoms. The van der Waals surface area contributed by atoms with Crippen LogP contribution < -0.4 is 9.44 Å². The van der Waals surface area contributed by atoms with E-state index in [0.29, 0.717) is 18.5 Å². The highest BCUT2D eigenvalue weighted by atomic mass is 32.3. The van der Waals surface area contributed by atoms with Crippen molar-refractivity contribution in [2.24, 2.45) is 5.41 Å². The van der Waals surface area contributed by atoms with Crippen LogP contribution in [0.25, 0.3) is 0 Å². The van der Waals surface area contributed by atoms with Gasteiger partial charge in [-0.05, 0) is 36.1 Å². The van der Waals surface area contributed by atoms with Crippen LogP contribution in [-0.2, 0) is 24.8 Å². The van der Waals surface area contributed by atoms with Crippen LogP contribution in [0.15, 0.2) is 29.2 Å². The molecule has 1 amide bonds. The molecule has 0 spiro atoms. The van der Waals surface area contributed by atoms with E-state index in [-0.39, 0.29) is 22.0 Å². The first-order chi connectivity index (χ1) is 13.3. The molecular weight excluding hydrogens is 412 g/mol. The zero-order valence-corrected chi connectivity index (χ0v) is 19.5. The van der Waals surface area contributed by atoms with Crippen molar-refractivity contribution in [3.05, 3.63) is 24.3 Å². The number of rotatable bonds is 12. The lowest BCUT2D eigenvalue weighted by Gasteiger charge is -2.17. The SMILES string of the molecule is CCCCCCCCS(=O)(=O)NS(=O)(=O)c1ccc(NC(=O)CC(C)(C)C)cc1. The van der Waals surface area contributed by atoms with E-state index in [4.69, 9.17) is 0 Å². The molecule has 2 N–H and O–H groups in total. The lowest BCUT2D eigenvalue weighted by atomic mass is 9.92. The number of sulfonamides is 2. The number of unbranched alkanes of at least 4 members (excludes halogenated alkanes) is 5. The van der Waals surface area contributed by atoms with E-state index in [0.717, 1.165) is 32.1 Å². The summed E-state index contributed by atoms with van der Waals surface area (Å²) in [5.74, 6) is -0.396. The Hall–Kier alpha value is -1.45. The minimum absolute atomic E-state index is 0.165. The average Bonchev–Trinajstić information content (AvgIpc) is 2.55. The quantitative estimate of drug-likeness (QED) is 0.471. The molecule has 0 fully saturated rings. The fraction of sp³-hybridized carbons (Fsp3) is 0.650. The van der Waals surface area contributed by atoms with Crippen molar-refractivity contribution in [2.45, 2.75) is 77.5 Å². The fourth-order valence-corrected chi connectivity index (χ4v) is 5.87. The minimum atomic E-state index is -4.19. The Kier molecular flexibility index (Phi) is 9.78. The van der Waals surface area contributed by atoms with Crippen LogP contribution in [0.1, 0.15) is 72.6 Å². The number of amides is 1. The van der Waals surface area contributed by atoms with Gasteiger partial charge in [0.2, 0.25) is 15.9 Å². The predicted molar refractivity (Wildman–Crippen MR) is 117 cm³/mol. The molecule has 0 saturated carbocycles. The summed E-state index contributed by atoms with van der Waals surface area (Å²) in [5, 5.41) is 2.70. The van der Waals surface area contributed by atoms with E-state index in [1.165, 1.54) is 24.3 Å². The van der Waals surface area contributed by atoms with Crippen LogP contribution in [0, 0.1) is 5.41 Å². The number of anilines is 1. The lowest BCUT2D eigenvalue weighted by molar-refractivity contribution is -0.117. The van der Waals surface area contributed by atoms with Crippen LogP contribution in [-0.4, -0.2) is 28.5 Å². The van der Waals surface area contributed by atoms with Crippen molar-refractivity contribution in [2.75, 3.05) is 11.1 Å². The van der Waals surface area contributed by atoms with Crippen molar-refractivity contribution in [1.29, 1.82) is 0 Å². The van der Waals surface area contributed by atoms with Crippen molar-refractivity contribution in [3.63, 3.8) is 0 Å². The third-order valence-electron chi connectivity index (χ3n) is 4.14. The topological polar surface area (TPSA) is 109 Å². The Bertz CT molecular complexity index is 855. The highest BCUT2D eigenvalue weighted by molar-refractivity contribution is 8.04. The summed E-state index contributed by atoms with van der Waals surface area (Å²) in [4.78, 5) is 11.8. The van der Waals surface area contributed by atoms with Gasteiger partial charge >= 0.3 is 0 Å². The van der Waals surface area contributed by atoms with Gasteiger partial charge in [0.1, 0.15) is 0 Å². The smallest absolute Gasteiger partial charge is 0.253 e. The van der Waals surface area contributed by atoms with Crippen LogP contribution in [0.5, 0.6) is 0 Å². The van der Waals surface area contributed by atoms with E-state index >= 15 is 0 Å². The predicted octanol–water partition coefficient (Wildman–Crippen LogP) is 4.03. The zero-order chi connectivity index (χ0) is 22.1. The summed E-state index contributed by atoms with van der Waals surface area (Å²) in [7, 11) is -8.13. The molecule has 0 aliphatic heterocycles. The van der Waals surface area contributed by atoms with Gasteiger partial charge in [-0.3, -0.25) is 4.79 Å². The first kappa shape index (κ1) is 25.6. The number of hydrogen-bond donors (Lipinski definition) is 2. The molecule has 0 unspecified atom stereocenters. The maximum atomic E-state index is 12.4. The third-order valence-corrected chi connectivity index (χ3v) is 7.75. The highest BCUT2D eigenvalue weighted by Crippen LogP contribution is 2.20. The number of carbonyl (C=O) groups is 1. The van der Waals surface area contributed by atoms with E-state index in [1.54, 1.807) is 4.13 Å². The fourth-order valence-electron chi connectivity index (χ4n) is 2.73. The molecule has 29 heavy (non-hydrogen) atoms. The highest BCUT2D eigenvalue weighted by Gasteiger charge is 2.22. The molecule has 1 aromatic carbocycles. The van der Waals surface area contributed by atoms with Crippen LogP contribution in [0.4, 0.5) is 5.69 Å².